The second-order valence-electron chi connectivity index (χ2n) is 6.44. The van der Waals surface area contributed by atoms with E-state index in [1.807, 2.05) is 0 Å². The summed E-state index contributed by atoms with van der Waals surface area (Å²) in [4.78, 5) is 20.7. The quantitative estimate of drug-likeness (QED) is 0.436. The van der Waals surface area contributed by atoms with E-state index in [1.54, 1.807) is 54.7 Å². The lowest BCUT2D eigenvalue weighted by molar-refractivity contribution is 0.261. The number of ether oxygens (including phenoxy) is 1. The number of benzene rings is 3. The molecular formula is C22H16ClFN4O2. The predicted octanol–water partition coefficient (Wildman–Crippen LogP) is 5.65. The van der Waals surface area contributed by atoms with E-state index < -0.39 is 6.03 Å². The van der Waals surface area contributed by atoms with Gasteiger partial charge in [0.2, 0.25) is 0 Å². The Morgan fingerprint density at radius 2 is 1.93 bits per heavy atom. The van der Waals surface area contributed by atoms with Crippen molar-refractivity contribution in [3.63, 3.8) is 0 Å². The fraction of sp³-hybridized carbons (Fsp3) is 0.0455. The minimum atomic E-state index is -0.471. The minimum Gasteiger partial charge on any atom is -0.487 e. The van der Waals surface area contributed by atoms with Crippen LogP contribution < -0.4 is 15.4 Å². The summed E-state index contributed by atoms with van der Waals surface area (Å²) in [7, 11) is 0. The normalized spacial score (nSPS) is 10.6. The van der Waals surface area contributed by atoms with E-state index in [4.69, 9.17) is 16.3 Å². The van der Waals surface area contributed by atoms with E-state index in [1.165, 1.54) is 18.5 Å². The molecule has 0 radical (unpaired) electrons. The number of hydrogen-bond donors (Lipinski definition) is 2. The van der Waals surface area contributed by atoms with Gasteiger partial charge in [0, 0.05) is 22.3 Å². The molecule has 30 heavy (non-hydrogen) atoms. The second kappa shape index (κ2) is 8.75. The second-order valence-corrected chi connectivity index (χ2v) is 6.87. The van der Waals surface area contributed by atoms with Crippen LogP contribution in [-0.4, -0.2) is 16.0 Å². The molecule has 2 amide bonds. The number of rotatable bonds is 5. The summed E-state index contributed by atoms with van der Waals surface area (Å²) in [6, 6.07) is 15.9. The average Bonchev–Trinajstić information content (AvgIpc) is 2.72. The Hall–Kier alpha value is -3.71. The maximum atomic E-state index is 13.4. The zero-order chi connectivity index (χ0) is 20.9. The zero-order valence-electron chi connectivity index (χ0n) is 15.6. The first-order valence-corrected chi connectivity index (χ1v) is 9.39. The number of urea groups is 1. The highest BCUT2D eigenvalue weighted by atomic mass is 35.5. The minimum absolute atomic E-state index is 0.127. The van der Waals surface area contributed by atoms with Crippen molar-refractivity contribution < 1.29 is 13.9 Å². The van der Waals surface area contributed by atoms with Crippen LogP contribution >= 0.6 is 11.6 Å². The summed E-state index contributed by atoms with van der Waals surface area (Å²) in [6.07, 6.45) is 3.07. The summed E-state index contributed by atoms with van der Waals surface area (Å²) in [5.74, 6) is 0.0602. The van der Waals surface area contributed by atoms with Gasteiger partial charge in [0.05, 0.1) is 11.2 Å². The lowest BCUT2D eigenvalue weighted by Gasteiger charge is -2.14. The van der Waals surface area contributed by atoms with Crippen LogP contribution in [0.15, 0.2) is 73.2 Å². The SMILES string of the molecule is O=C(Nc1cccc(Cl)c1)Nc1cc2ncncc2cc1OCc1cccc(F)c1. The van der Waals surface area contributed by atoms with Crippen LogP contribution in [0.2, 0.25) is 5.02 Å². The molecular weight excluding hydrogens is 407 g/mol. The van der Waals surface area contributed by atoms with Gasteiger partial charge in [0.15, 0.2) is 0 Å². The van der Waals surface area contributed by atoms with E-state index in [0.717, 1.165) is 5.39 Å². The fourth-order valence-electron chi connectivity index (χ4n) is 2.86. The first-order valence-electron chi connectivity index (χ1n) is 9.01. The first-order chi connectivity index (χ1) is 14.6. The van der Waals surface area contributed by atoms with Crippen LogP contribution in [0.4, 0.5) is 20.6 Å². The van der Waals surface area contributed by atoms with Crippen molar-refractivity contribution in [3.05, 3.63) is 89.6 Å². The van der Waals surface area contributed by atoms with E-state index in [9.17, 15) is 9.18 Å². The van der Waals surface area contributed by atoms with Crippen molar-refractivity contribution >= 4 is 39.9 Å². The molecule has 0 atom stereocenters. The lowest BCUT2D eigenvalue weighted by Crippen LogP contribution is -2.20. The molecule has 4 rings (SSSR count). The predicted molar refractivity (Wildman–Crippen MR) is 114 cm³/mol. The molecule has 8 heteroatoms. The molecule has 3 aromatic carbocycles. The number of hydrogen-bond acceptors (Lipinski definition) is 4. The molecule has 2 N–H and O–H groups in total. The van der Waals surface area contributed by atoms with Gasteiger partial charge < -0.3 is 15.4 Å². The smallest absolute Gasteiger partial charge is 0.323 e. The van der Waals surface area contributed by atoms with Gasteiger partial charge in [-0.3, -0.25) is 0 Å². The van der Waals surface area contributed by atoms with Gasteiger partial charge in [-0.2, -0.15) is 0 Å². The van der Waals surface area contributed by atoms with E-state index >= 15 is 0 Å². The summed E-state index contributed by atoms with van der Waals surface area (Å²) >= 11 is 5.96. The van der Waals surface area contributed by atoms with E-state index in [2.05, 4.69) is 20.6 Å². The molecule has 0 saturated carbocycles. The van der Waals surface area contributed by atoms with Gasteiger partial charge in [-0.25, -0.2) is 19.2 Å². The summed E-state index contributed by atoms with van der Waals surface area (Å²) in [5.41, 5.74) is 2.26. The molecule has 0 fully saturated rings. The fourth-order valence-corrected chi connectivity index (χ4v) is 3.05. The Bertz CT molecular complexity index is 1220. The van der Waals surface area contributed by atoms with Gasteiger partial charge in [-0.1, -0.05) is 29.8 Å². The number of nitrogens with one attached hydrogen (secondary N) is 2. The number of carbonyl (C=O) groups excluding carboxylic acids is 1. The van der Waals surface area contributed by atoms with Crippen molar-refractivity contribution in [2.75, 3.05) is 10.6 Å². The molecule has 1 heterocycles. The van der Waals surface area contributed by atoms with Gasteiger partial charge in [0.1, 0.15) is 24.5 Å². The van der Waals surface area contributed by atoms with Gasteiger partial charge in [-0.15, -0.1) is 0 Å². The van der Waals surface area contributed by atoms with Crippen LogP contribution in [0.5, 0.6) is 5.75 Å². The van der Waals surface area contributed by atoms with Gasteiger partial charge >= 0.3 is 6.03 Å². The molecule has 4 aromatic rings. The molecule has 0 aliphatic carbocycles. The number of halogens is 2. The topological polar surface area (TPSA) is 76.1 Å². The van der Waals surface area contributed by atoms with Crippen molar-refractivity contribution in [1.82, 2.24) is 9.97 Å². The Morgan fingerprint density at radius 3 is 2.77 bits per heavy atom. The standard InChI is InChI=1S/C22H16ClFN4O2/c23-16-4-2-6-18(9-16)27-22(29)28-20-10-19-15(11-25-13-26-19)8-21(20)30-12-14-3-1-5-17(24)7-14/h1-11,13H,12H2,(H2,27,28,29). The van der Waals surface area contributed by atoms with Crippen molar-refractivity contribution in [3.8, 4) is 5.75 Å². The molecule has 0 aliphatic heterocycles. The maximum Gasteiger partial charge on any atom is 0.323 e. The van der Waals surface area contributed by atoms with Crippen molar-refractivity contribution in [1.29, 1.82) is 0 Å². The molecule has 0 saturated heterocycles. The number of nitrogens with zero attached hydrogens (tertiary/aromatic N) is 2. The Morgan fingerprint density at radius 1 is 1.07 bits per heavy atom. The summed E-state index contributed by atoms with van der Waals surface area (Å²) in [6.45, 7) is 0.127. The van der Waals surface area contributed by atoms with Gasteiger partial charge in [-0.05, 0) is 48.0 Å². The molecule has 0 unspecified atom stereocenters. The average molecular weight is 423 g/mol. The number of anilines is 2. The Kier molecular flexibility index (Phi) is 5.72. The molecule has 0 bridgehead atoms. The highest BCUT2D eigenvalue weighted by Crippen LogP contribution is 2.30. The van der Waals surface area contributed by atoms with E-state index in [0.29, 0.717) is 33.2 Å². The molecule has 0 aliphatic rings. The third-order valence-corrected chi connectivity index (χ3v) is 4.46. The third kappa shape index (κ3) is 4.82. The van der Waals surface area contributed by atoms with E-state index in [-0.39, 0.29) is 12.4 Å². The number of carbonyl (C=O) groups is 1. The molecule has 1 aromatic heterocycles. The molecule has 0 spiro atoms. The Balaban J connectivity index is 1.58. The first kappa shape index (κ1) is 19.6. The highest BCUT2D eigenvalue weighted by Gasteiger charge is 2.12. The summed E-state index contributed by atoms with van der Waals surface area (Å²) in [5, 5.41) is 6.73. The highest BCUT2D eigenvalue weighted by molar-refractivity contribution is 6.30. The van der Waals surface area contributed by atoms with Crippen molar-refractivity contribution in [2.24, 2.45) is 0 Å². The van der Waals surface area contributed by atoms with Crippen LogP contribution in [-0.2, 0) is 6.61 Å². The molecule has 6 nitrogen and oxygen atoms in total. The van der Waals surface area contributed by atoms with Crippen molar-refractivity contribution in [2.45, 2.75) is 6.61 Å². The van der Waals surface area contributed by atoms with Crippen LogP contribution in [0, 0.1) is 5.82 Å². The monoisotopic (exact) mass is 422 g/mol. The largest absolute Gasteiger partial charge is 0.487 e. The third-order valence-electron chi connectivity index (χ3n) is 4.22. The van der Waals surface area contributed by atoms with Crippen LogP contribution in [0.25, 0.3) is 10.9 Å². The maximum absolute atomic E-state index is 13.4. The lowest BCUT2D eigenvalue weighted by atomic mass is 10.2. The number of aromatic nitrogens is 2. The zero-order valence-corrected chi connectivity index (χ0v) is 16.4. The number of fused-ring (bicyclic) bond motifs is 1. The Labute approximate surface area is 176 Å². The van der Waals surface area contributed by atoms with Crippen LogP contribution in [0.1, 0.15) is 5.56 Å². The van der Waals surface area contributed by atoms with Gasteiger partial charge in [0.25, 0.3) is 0 Å². The molecule has 150 valence electrons. The summed E-state index contributed by atoms with van der Waals surface area (Å²) < 4.78 is 19.3. The number of amides is 2. The van der Waals surface area contributed by atoms with Crippen LogP contribution in [0.3, 0.4) is 0 Å².